The second-order valence-corrected chi connectivity index (χ2v) is 6.92. The number of nitrogens with one attached hydrogen (secondary N) is 2. The van der Waals surface area contributed by atoms with Crippen LogP contribution in [-0.2, 0) is 12.6 Å². The number of para-hydroxylation sites is 1. The van der Waals surface area contributed by atoms with Crippen LogP contribution in [0.3, 0.4) is 0 Å². The summed E-state index contributed by atoms with van der Waals surface area (Å²) in [6.07, 6.45) is -1.09. The number of anilines is 4. The van der Waals surface area contributed by atoms with Crippen LogP contribution in [0.25, 0.3) is 0 Å². The van der Waals surface area contributed by atoms with E-state index in [1.54, 1.807) is 36.4 Å². The van der Waals surface area contributed by atoms with Crippen LogP contribution in [0, 0.1) is 0 Å². The van der Waals surface area contributed by atoms with Crippen LogP contribution >= 0.6 is 0 Å². The quantitative estimate of drug-likeness (QED) is 0.394. The molecular formula is C23H25F3N4O. The maximum absolute atomic E-state index is 13.6. The van der Waals surface area contributed by atoms with Gasteiger partial charge in [0, 0.05) is 17.6 Å². The van der Waals surface area contributed by atoms with Gasteiger partial charge in [-0.25, -0.2) is 4.98 Å². The predicted octanol–water partition coefficient (Wildman–Crippen LogP) is 6.72. The molecule has 2 N–H and O–H groups in total. The number of aryl methyl sites for hydroxylation is 1. The van der Waals surface area contributed by atoms with E-state index in [0.717, 1.165) is 31.0 Å². The van der Waals surface area contributed by atoms with Crippen LogP contribution in [0.15, 0.2) is 54.7 Å². The lowest BCUT2D eigenvalue weighted by atomic mass is 10.1. The SMILES string of the molecule is CCCCc1ccccc1Nc1nc(Nc2ccc(OCC)cc2)ncc1C(F)(F)F. The first-order chi connectivity index (χ1) is 14.9. The van der Waals surface area contributed by atoms with E-state index in [1.165, 1.54) is 0 Å². The fourth-order valence-corrected chi connectivity index (χ4v) is 3.03. The van der Waals surface area contributed by atoms with Crippen molar-refractivity contribution >= 4 is 23.1 Å². The van der Waals surface area contributed by atoms with Gasteiger partial charge >= 0.3 is 6.18 Å². The molecule has 0 aliphatic heterocycles. The number of rotatable bonds is 9. The van der Waals surface area contributed by atoms with Gasteiger partial charge in [-0.05, 0) is 55.7 Å². The van der Waals surface area contributed by atoms with Gasteiger partial charge in [0.25, 0.3) is 0 Å². The van der Waals surface area contributed by atoms with Crippen molar-refractivity contribution in [3.8, 4) is 5.75 Å². The minimum Gasteiger partial charge on any atom is -0.494 e. The number of nitrogens with zero attached hydrogens (tertiary/aromatic N) is 2. The summed E-state index contributed by atoms with van der Waals surface area (Å²) in [5, 5.41) is 5.82. The molecule has 0 fully saturated rings. The first-order valence-electron chi connectivity index (χ1n) is 10.2. The molecule has 0 atom stereocenters. The second-order valence-electron chi connectivity index (χ2n) is 6.92. The third-order valence-electron chi connectivity index (χ3n) is 4.59. The molecule has 5 nitrogen and oxygen atoms in total. The molecule has 1 aromatic heterocycles. The van der Waals surface area contributed by atoms with Crippen molar-refractivity contribution in [3.63, 3.8) is 0 Å². The Morgan fingerprint density at radius 3 is 2.39 bits per heavy atom. The van der Waals surface area contributed by atoms with Crippen molar-refractivity contribution in [1.29, 1.82) is 0 Å². The zero-order valence-corrected chi connectivity index (χ0v) is 17.5. The minimum atomic E-state index is -4.58. The number of alkyl halides is 3. The number of halogens is 3. The van der Waals surface area contributed by atoms with Gasteiger partial charge in [0.2, 0.25) is 5.95 Å². The molecule has 1 heterocycles. The molecule has 0 unspecified atom stereocenters. The minimum absolute atomic E-state index is 0.0608. The molecule has 0 aliphatic carbocycles. The van der Waals surface area contributed by atoms with E-state index in [4.69, 9.17) is 4.74 Å². The summed E-state index contributed by atoms with van der Waals surface area (Å²) >= 11 is 0. The first kappa shape index (κ1) is 22.4. The molecule has 0 saturated heterocycles. The highest BCUT2D eigenvalue weighted by molar-refractivity contribution is 5.65. The molecule has 8 heteroatoms. The van der Waals surface area contributed by atoms with Gasteiger partial charge in [0.1, 0.15) is 17.1 Å². The summed E-state index contributed by atoms with van der Waals surface area (Å²) < 4.78 is 46.1. The normalized spacial score (nSPS) is 11.3. The maximum Gasteiger partial charge on any atom is 0.421 e. The second kappa shape index (κ2) is 10.1. The molecule has 0 radical (unpaired) electrons. The average molecular weight is 430 g/mol. The lowest BCUT2D eigenvalue weighted by molar-refractivity contribution is -0.137. The van der Waals surface area contributed by atoms with Gasteiger partial charge in [-0.1, -0.05) is 31.5 Å². The number of benzene rings is 2. The number of unbranched alkanes of at least 4 members (excludes halogenated alkanes) is 1. The van der Waals surface area contributed by atoms with Crippen molar-refractivity contribution in [2.24, 2.45) is 0 Å². The fraction of sp³-hybridized carbons (Fsp3) is 0.304. The number of hydrogen-bond donors (Lipinski definition) is 2. The van der Waals surface area contributed by atoms with Gasteiger partial charge in [-0.3, -0.25) is 0 Å². The van der Waals surface area contributed by atoms with E-state index in [0.29, 0.717) is 23.7 Å². The molecule has 164 valence electrons. The summed E-state index contributed by atoms with van der Waals surface area (Å²) in [7, 11) is 0. The standard InChI is InChI=1S/C23H25F3N4O/c1-3-5-8-16-9-6-7-10-20(16)29-21-19(23(24,25)26)15-27-22(30-21)28-17-11-13-18(14-12-17)31-4-2/h6-7,9-15H,3-5,8H2,1-2H3,(H2,27,28,29,30). The van der Waals surface area contributed by atoms with E-state index in [2.05, 4.69) is 27.5 Å². The summed E-state index contributed by atoms with van der Waals surface area (Å²) in [6.45, 7) is 4.50. The Kier molecular flexibility index (Phi) is 7.33. The number of ether oxygens (including phenoxy) is 1. The molecule has 0 saturated carbocycles. The highest BCUT2D eigenvalue weighted by Gasteiger charge is 2.35. The summed E-state index contributed by atoms with van der Waals surface area (Å²) in [6, 6.07) is 14.3. The van der Waals surface area contributed by atoms with Crippen LogP contribution in [0.4, 0.5) is 36.3 Å². The molecule has 0 amide bonds. The molecule has 0 spiro atoms. The molecule has 31 heavy (non-hydrogen) atoms. The topological polar surface area (TPSA) is 59.1 Å². The van der Waals surface area contributed by atoms with Crippen molar-refractivity contribution in [3.05, 3.63) is 65.9 Å². The van der Waals surface area contributed by atoms with Crippen molar-refractivity contribution in [1.82, 2.24) is 9.97 Å². The zero-order valence-electron chi connectivity index (χ0n) is 17.5. The van der Waals surface area contributed by atoms with Crippen molar-refractivity contribution < 1.29 is 17.9 Å². The lowest BCUT2D eigenvalue weighted by Crippen LogP contribution is -2.13. The Balaban J connectivity index is 1.89. The lowest BCUT2D eigenvalue weighted by Gasteiger charge is -2.17. The van der Waals surface area contributed by atoms with E-state index in [-0.39, 0.29) is 11.8 Å². The largest absolute Gasteiger partial charge is 0.494 e. The third kappa shape index (κ3) is 6.10. The number of hydrogen-bond acceptors (Lipinski definition) is 5. The molecule has 0 bridgehead atoms. The molecule has 0 aliphatic rings. The van der Waals surface area contributed by atoms with Gasteiger partial charge in [-0.15, -0.1) is 0 Å². The van der Waals surface area contributed by atoms with Crippen LogP contribution in [-0.4, -0.2) is 16.6 Å². The van der Waals surface area contributed by atoms with Gasteiger partial charge in [-0.2, -0.15) is 18.2 Å². The Morgan fingerprint density at radius 2 is 1.71 bits per heavy atom. The molecular weight excluding hydrogens is 405 g/mol. The first-order valence-corrected chi connectivity index (χ1v) is 10.2. The summed E-state index contributed by atoms with van der Waals surface area (Å²) in [5.41, 5.74) is 1.26. The maximum atomic E-state index is 13.6. The number of aromatic nitrogens is 2. The molecule has 3 rings (SSSR count). The zero-order chi connectivity index (χ0) is 22.3. The highest BCUT2D eigenvalue weighted by Crippen LogP contribution is 2.36. The van der Waals surface area contributed by atoms with E-state index >= 15 is 0 Å². The Hall–Kier alpha value is -3.29. The Morgan fingerprint density at radius 1 is 0.968 bits per heavy atom. The fourth-order valence-electron chi connectivity index (χ4n) is 3.03. The average Bonchev–Trinajstić information content (AvgIpc) is 2.74. The summed E-state index contributed by atoms with van der Waals surface area (Å²) in [5.74, 6) is 0.470. The molecule has 3 aromatic rings. The monoisotopic (exact) mass is 430 g/mol. The van der Waals surface area contributed by atoms with Gasteiger partial charge in [0.15, 0.2) is 0 Å². The van der Waals surface area contributed by atoms with E-state index in [1.807, 2.05) is 19.1 Å². The molecule has 2 aromatic carbocycles. The van der Waals surface area contributed by atoms with E-state index < -0.39 is 11.7 Å². The van der Waals surface area contributed by atoms with Crippen LogP contribution < -0.4 is 15.4 Å². The Bertz CT molecular complexity index is 991. The van der Waals surface area contributed by atoms with Gasteiger partial charge < -0.3 is 15.4 Å². The van der Waals surface area contributed by atoms with Gasteiger partial charge in [0.05, 0.1) is 6.61 Å². The smallest absolute Gasteiger partial charge is 0.421 e. The van der Waals surface area contributed by atoms with Crippen molar-refractivity contribution in [2.75, 3.05) is 17.2 Å². The van der Waals surface area contributed by atoms with E-state index in [9.17, 15) is 13.2 Å². The van der Waals surface area contributed by atoms with Crippen molar-refractivity contribution in [2.45, 2.75) is 39.3 Å². The third-order valence-corrected chi connectivity index (χ3v) is 4.59. The highest BCUT2D eigenvalue weighted by atomic mass is 19.4. The predicted molar refractivity (Wildman–Crippen MR) is 116 cm³/mol. The Labute approximate surface area is 179 Å². The van der Waals surface area contributed by atoms with Crippen LogP contribution in [0.2, 0.25) is 0 Å². The van der Waals surface area contributed by atoms with Crippen LogP contribution in [0.5, 0.6) is 5.75 Å². The van der Waals surface area contributed by atoms with Crippen LogP contribution in [0.1, 0.15) is 37.8 Å². The summed E-state index contributed by atoms with van der Waals surface area (Å²) in [4.78, 5) is 7.99.